The fourth-order valence-electron chi connectivity index (χ4n) is 2.37. The summed E-state index contributed by atoms with van der Waals surface area (Å²) in [7, 11) is 0. The summed E-state index contributed by atoms with van der Waals surface area (Å²) in [6.07, 6.45) is 3.33. The van der Waals surface area contributed by atoms with Crippen molar-refractivity contribution in [3.63, 3.8) is 0 Å². The highest BCUT2D eigenvalue weighted by molar-refractivity contribution is 8.00. The predicted molar refractivity (Wildman–Crippen MR) is 101 cm³/mol. The van der Waals surface area contributed by atoms with E-state index in [0.717, 1.165) is 5.56 Å². The summed E-state index contributed by atoms with van der Waals surface area (Å²) in [6, 6.07) is 13.7. The third kappa shape index (κ3) is 4.70. The summed E-state index contributed by atoms with van der Waals surface area (Å²) in [5.74, 6) is 0.612. The molecule has 3 rings (SSSR count). The number of aromatic nitrogens is 3. The number of amides is 1. The van der Waals surface area contributed by atoms with Gasteiger partial charge in [0.1, 0.15) is 0 Å². The van der Waals surface area contributed by atoms with E-state index in [9.17, 15) is 4.79 Å². The van der Waals surface area contributed by atoms with E-state index in [0.29, 0.717) is 17.7 Å². The highest BCUT2D eigenvalue weighted by Gasteiger charge is 2.19. The minimum atomic E-state index is -0.330. The largest absolute Gasteiger partial charge is 0.411 e. The molecule has 1 N–H and O–H groups in total. The highest BCUT2D eigenvalue weighted by Crippen LogP contribution is 2.26. The zero-order chi connectivity index (χ0) is 18.4. The lowest BCUT2D eigenvalue weighted by atomic mass is 10.0. The molecule has 0 aliphatic rings. The molecule has 3 aromatic rings. The molecule has 134 valence electrons. The fourth-order valence-corrected chi connectivity index (χ4v) is 3.08. The van der Waals surface area contributed by atoms with Crippen LogP contribution in [0.4, 0.5) is 0 Å². The van der Waals surface area contributed by atoms with Gasteiger partial charge in [-0.15, -0.1) is 10.2 Å². The summed E-state index contributed by atoms with van der Waals surface area (Å²) in [5, 5.41) is 11.0. The maximum Gasteiger partial charge on any atom is 0.277 e. The standard InChI is InChI=1S/C19H20N4O2S/c1-13(15-6-4-3-5-7-15)12-21-17(24)14(2)26-19-23-22-18(25-19)16-8-10-20-11-9-16/h3-11,13-14H,12H2,1-2H3,(H,21,24). The SMILES string of the molecule is CC(Sc1nnc(-c2ccncc2)o1)C(=O)NCC(C)c1ccccc1. The zero-order valence-electron chi connectivity index (χ0n) is 14.6. The number of pyridine rings is 1. The van der Waals surface area contributed by atoms with Crippen molar-refractivity contribution in [1.82, 2.24) is 20.5 Å². The van der Waals surface area contributed by atoms with Crippen LogP contribution < -0.4 is 5.32 Å². The minimum Gasteiger partial charge on any atom is -0.411 e. The Morgan fingerprint density at radius 2 is 1.85 bits per heavy atom. The Morgan fingerprint density at radius 1 is 1.12 bits per heavy atom. The van der Waals surface area contributed by atoms with E-state index in [1.54, 1.807) is 24.5 Å². The number of nitrogens with zero attached hydrogens (tertiary/aromatic N) is 3. The number of hydrogen-bond acceptors (Lipinski definition) is 6. The molecule has 0 saturated heterocycles. The molecule has 0 saturated carbocycles. The van der Waals surface area contributed by atoms with E-state index in [2.05, 4.69) is 39.6 Å². The lowest BCUT2D eigenvalue weighted by molar-refractivity contribution is -0.120. The molecule has 6 nitrogen and oxygen atoms in total. The maximum absolute atomic E-state index is 12.3. The van der Waals surface area contributed by atoms with Crippen LogP contribution in [0.15, 0.2) is 64.5 Å². The molecule has 26 heavy (non-hydrogen) atoms. The summed E-state index contributed by atoms with van der Waals surface area (Å²) in [6.45, 7) is 4.50. The van der Waals surface area contributed by atoms with Crippen LogP contribution in [0.3, 0.4) is 0 Å². The summed E-state index contributed by atoms with van der Waals surface area (Å²) < 4.78 is 5.62. The average molecular weight is 368 g/mol. The first kappa shape index (κ1) is 18.1. The number of nitrogens with one attached hydrogen (secondary N) is 1. The van der Waals surface area contributed by atoms with Crippen LogP contribution in [0.2, 0.25) is 0 Å². The van der Waals surface area contributed by atoms with Crippen molar-refractivity contribution in [3.8, 4) is 11.5 Å². The Labute approximate surface area is 156 Å². The molecule has 0 fully saturated rings. The van der Waals surface area contributed by atoms with E-state index in [1.165, 1.54) is 17.3 Å². The summed E-state index contributed by atoms with van der Waals surface area (Å²) in [4.78, 5) is 16.3. The lowest BCUT2D eigenvalue weighted by Crippen LogP contribution is -2.33. The molecule has 0 spiro atoms. The molecule has 2 aromatic heterocycles. The summed E-state index contributed by atoms with van der Waals surface area (Å²) >= 11 is 1.25. The molecule has 2 heterocycles. The van der Waals surface area contributed by atoms with Crippen molar-refractivity contribution in [3.05, 3.63) is 60.4 Å². The third-order valence-electron chi connectivity index (χ3n) is 3.93. The van der Waals surface area contributed by atoms with Crippen molar-refractivity contribution < 1.29 is 9.21 Å². The van der Waals surface area contributed by atoms with Crippen molar-refractivity contribution in [2.24, 2.45) is 0 Å². The molecule has 1 amide bonds. The van der Waals surface area contributed by atoms with Crippen LogP contribution in [0, 0.1) is 0 Å². The van der Waals surface area contributed by atoms with Gasteiger partial charge in [0.2, 0.25) is 11.8 Å². The van der Waals surface area contributed by atoms with Gasteiger partial charge in [0.25, 0.3) is 5.22 Å². The van der Waals surface area contributed by atoms with E-state index in [1.807, 2.05) is 25.1 Å². The second-order valence-electron chi connectivity index (χ2n) is 5.93. The first-order chi connectivity index (χ1) is 12.6. The quantitative estimate of drug-likeness (QED) is 0.643. The molecule has 2 atom stereocenters. The molecule has 0 bridgehead atoms. The van der Waals surface area contributed by atoms with Gasteiger partial charge in [-0.3, -0.25) is 9.78 Å². The number of rotatable bonds is 7. The molecular weight excluding hydrogens is 348 g/mol. The smallest absolute Gasteiger partial charge is 0.277 e. The van der Waals surface area contributed by atoms with Gasteiger partial charge < -0.3 is 9.73 Å². The lowest BCUT2D eigenvalue weighted by Gasteiger charge is -2.15. The Bertz CT molecular complexity index is 839. The van der Waals surface area contributed by atoms with E-state index in [4.69, 9.17) is 4.42 Å². The van der Waals surface area contributed by atoms with Crippen LogP contribution in [0.25, 0.3) is 11.5 Å². The first-order valence-corrected chi connectivity index (χ1v) is 9.24. The van der Waals surface area contributed by atoms with Gasteiger partial charge >= 0.3 is 0 Å². The van der Waals surface area contributed by atoms with Gasteiger partial charge in [-0.25, -0.2) is 0 Å². The molecular formula is C19H20N4O2S. The van der Waals surface area contributed by atoms with Crippen LogP contribution in [0.1, 0.15) is 25.3 Å². The van der Waals surface area contributed by atoms with Gasteiger partial charge in [-0.1, -0.05) is 49.0 Å². The molecule has 1 aromatic carbocycles. The number of carbonyl (C=O) groups is 1. The molecule has 0 aliphatic carbocycles. The van der Waals surface area contributed by atoms with Crippen LogP contribution in [0.5, 0.6) is 0 Å². The van der Waals surface area contributed by atoms with Crippen molar-refractivity contribution in [2.75, 3.05) is 6.54 Å². The first-order valence-electron chi connectivity index (χ1n) is 8.36. The maximum atomic E-state index is 12.3. The molecule has 0 aliphatic heterocycles. The molecule has 7 heteroatoms. The van der Waals surface area contributed by atoms with Crippen LogP contribution >= 0.6 is 11.8 Å². The van der Waals surface area contributed by atoms with Crippen molar-refractivity contribution in [1.29, 1.82) is 0 Å². The topological polar surface area (TPSA) is 80.9 Å². The monoisotopic (exact) mass is 368 g/mol. The average Bonchev–Trinajstić information content (AvgIpc) is 3.15. The third-order valence-corrected chi connectivity index (χ3v) is 4.87. The van der Waals surface area contributed by atoms with Crippen LogP contribution in [-0.2, 0) is 4.79 Å². The Morgan fingerprint density at radius 3 is 2.58 bits per heavy atom. The van der Waals surface area contributed by atoms with Crippen LogP contribution in [-0.4, -0.2) is 32.9 Å². The van der Waals surface area contributed by atoms with E-state index in [-0.39, 0.29) is 17.1 Å². The van der Waals surface area contributed by atoms with Gasteiger partial charge in [0.05, 0.1) is 5.25 Å². The second kappa shape index (κ2) is 8.62. The molecule has 2 unspecified atom stereocenters. The van der Waals surface area contributed by atoms with E-state index < -0.39 is 0 Å². The highest BCUT2D eigenvalue weighted by atomic mass is 32.2. The van der Waals surface area contributed by atoms with E-state index >= 15 is 0 Å². The van der Waals surface area contributed by atoms with Crippen molar-refractivity contribution in [2.45, 2.75) is 30.2 Å². The number of thioether (sulfide) groups is 1. The number of hydrogen-bond donors (Lipinski definition) is 1. The summed E-state index contributed by atoms with van der Waals surface area (Å²) in [5.41, 5.74) is 2.00. The second-order valence-corrected chi connectivity index (χ2v) is 7.22. The molecule has 0 radical (unpaired) electrons. The van der Waals surface area contributed by atoms with Gasteiger partial charge in [0, 0.05) is 24.5 Å². The fraction of sp³-hybridized carbons (Fsp3) is 0.263. The van der Waals surface area contributed by atoms with Gasteiger partial charge in [0.15, 0.2) is 0 Å². The normalized spacial score (nSPS) is 13.2. The Kier molecular flexibility index (Phi) is 6.01. The van der Waals surface area contributed by atoms with Gasteiger partial charge in [-0.05, 0) is 30.5 Å². The minimum absolute atomic E-state index is 0.0542. The Balaban J connectivity index is 1.52. The Hall–Kier alpha value is -2.67. The predicted octanol–water partition coefficient (Wildman–Crippen LogP) is 3.53. The zero-order valence-corrected chi connectivity index (χ0v) is 15.4. The van der Waals surface area contributed by atoms with Gasteiger partial charge in [-0.2, -0.15) is 0 Å². The number of benzene rings is 1. The number of carbonyl (C=O) groups excluding carboxylic acids is 1. The van der Waals surface area contributed by atoms with Crippen molar-refractivity contribution >= 4 is 17.7 Å².